The summed E-state index contributed by atoms with van der Waals surface area (Å²) in [5, 5.41) is 4.29. The summed E-state index contributed by atoms with van der Waals surface area (Å²) in [4.78, 5) is 12.6. The highest BCUT2D eigenvalue weighted by atomic mass is 79.9. The highest BCUT2D eigenvalue weighted by Crippen LogP contribution is 2.29. The normalized spacial score (nSPS) is 11.5. The van der Waals surface area contributed by atoms with Gasteiger partial charge in [-0.2, -0.15) is 5.10 Å². The third-order valence-corrected chi connectivity index (χ3v) is 6.87. The summed E-state index contributed by atoms with van der Waals surface area (Å²) in [5.41, 5.74) is 4.15. The minimum atomic E-state index is -4.01. The Hall–Kier alpha value is -2.68. The minimum absolute atomic E-state index is 0.0699. The van der Waals surface area contributed by atoms with Gasteiger partial charge in [-0.1, -0.05) is 63.9 Å². The van der Waals surface area contributed by atoms with Crippen LogP contribution in [-0.4, -0.2) is 27.1 Å². The predicted octanol–water partition coefficient (Wildman–Crippen LogP) is 4.76. The van der Waals surface area contributed by atoms with Crippen molar-refractivity contribution in [2.24, 2.45) is 5.10 Å². The van der Waals surface area contributed by atoms with Crippen molar-refractivity contribution >= 4 is 55.4 Å². The minimum Gasteiger partial charge on any atom is -0.271 e. The van der Waals surface area contributed by atoms with Crippen LogP contribution >= 0.6 is 27.5 Å². The molecular formula is C22H19BrClN3O3S. The Kier molecular flexibility index (Phi) is 7.48. The molecule has 0 fully saturated rings. The summed E-state index contributed by atoms with van der Waals surface area (Å²) in [7, 11) is -4.01. The summed E-state index contributed by atoms with van der Waals surface area (Å²) in [6.45, 7) is 1.29. The zero-order valence-electron chi connectivity index (χ0n) is 16.5. The number of amides is 1. The van der Waals surface area contributed by atoms with E-state index in [0.717, 1.165) is 14.3 Å². The number of carbonyl (C=O) groups excluding carboxylic acids is 1. The molecule has 0 spiro atoms. The number of anilines is 1. The number of benzene rings is 3. The fourth-order valence-corrected chi connectivity index (χ4v) is 4.69. The zero-order valence-corrected chi connectivity index (χ0v) is 19.7. The molecule has 3 aromatic carbocycles. The van der Waals surface area contributed by atoms with Crippen molar-refractivity contribution in [3.8, 4) is 0 Å². The molecular weight excluding hydrogens is 502 g/mol. The number of sulfonamides is 1. The van der Waals surface area contributed by atoms with Crippen molar-refractivity contribution in [3.63, 3.8) is 0 Å². The molecule has 1 amide bonds. The average molecular weight is 521 g/mol. The second-order valence-corrected chi connectivity index (χ2v) is 9.81. The first-order valence-electron chi connectivity index (χ1n) is 9.19. The summed E-state index contributed by atoms with van der Waals surface area (Å²) >= 11 is 9.46. The molecule has 0 unspecified atom stereocenters. The Bertz CT molecular complexity index is 1200. The van der Waals surface area contributed by atoms with Crippen LogP contribution in [-0.2, 0) is 14.8 Å². The molecule has 9 heteroatoms. The Morgan fingerprint density at radius 2 is 1.77 bits per heavy atom. The van der Waals surface area contributed by atoms with Crippen molar-refractivity contribution in [3.05, 3.63) is 93.4 Å². The van der Waals surface area contributed by atoms with Crippen LogP contribution in [0.5, 0.6) is 0 Å². The predicted molar refractivity (Wildman–Crippen MR) is 127 cm³/mol. The number of halogens is 2. The van der Waals surface area contributed by atoms with Crippen LogP contribution in [0.2, 0.25) is 5.02 Å². The van der Waals surface area contributed by atoms with Crippen LogP contribution in [0.15, 0.2) is 87.3 Å². The molecule has 0 aromatic heterocycles. The molecule has 0 aliphatic heterocycles. The number of hydrazone groups is 1. The Balaban J connectivity index is 1.87. The van der Waals surface area contributed by atoms with Gasteiger partial charge in [-0.15, -0.1) is 0 Å². The average Bonchev–Trinajstić information content (AvgIpc) is 2.76. The number of nitrogens with zero attached hydrogens (tertiary/aromatic N) is 2. The maximum atomic E-state index is 13.3. The largest absolute Gasteiger partial charge is 0.271 e. The molecule has 0 bridgehead atoms. The van der Waals surface area contributed by atoms with Gasteiger partial charge in [-0.05, 0) is 54.4 Å². The fraction of sp³-hybridized carbons (Fsp3) is 0.0909. The van der Waals surface area contributed by atoms with Gasteiger partial charge in [0.1, 0.15) is 6.54 Å². The second kappa shape index (κ2) is 10.1. The van der Waals surface area contributed by atoms with Crippen LogP contribution in [0, 0.1) is 6.92 Å². The van der Waals surface area contributed by atoms with E-state index in [0.29, 0.717) is 16.3 Å². The molecule has 0 saturated heterocycles. The van der Waals surface area contributed by atoms with E-state index in [1.807, 2.05) is 24.3 Å². The number of carbonyl (C=O) groups is 1. The van der Waals surface area contributed by atoms with E-state index in [1.165, 1.54) is 24.4 Å². The standard InChI is InChI=1S/C22H19BrClN3O3S/c1-16-7-12-19(24)13-21(16)27(31(29,30)20-5-3-2-4-6-20)15-22(28)26-25-14-17-8-10-18(23)11-9-17/h2-14H,15H2,1H3,(H,26,28)/b25-14-. The Morgan fingerprint density at radius 1 is 1.10 bits per heavy atom. The number of rotatable bonds is 7. The third kappa shape index (κ3) is 5.94. The molecule has 0 atom stereocenters. The first kappa shape index (κ1) is 23.0. The van der Waals surface area contributed by atoms with E-state index in [9.17, 15) is 13.2 Å². The lowest BCUT2D eigenvalue weighted by molar-refractivity contribution is -0.119. The number of nitrogens with one attached hydrogen (secondary N) is 1. The van der Waals surface area contributed by atoms with Gasteiger partial charge in [0.05, 0.1) is 16.8 Å². The summed E-state index contributed by atoms with van der Waals surface area (Å²) in [5.74, 6) is -0.591. The van der Waals surface area contributed by atoms with Gasteiger partial charge in [-0.3, -0.25) is 9.10 Å². The molecule has 1 N–H and O–H groups in total. The Morgan fingerprint density at radius 3 is 2.45 bits per heavy atom. The molecule has 3 aromatic rings. The van der Waals surface area contributed by atoms with Crippen molar-refractivity contribution in [1.29, 1.82) is 0 Å². The number of hydrogen-bond acceptors (Lipinski definition) is 4. The lowest BCUT2D eigenvalue weighted by Crippen LogP contribution is -2.40. The molecule has 3 rings (SSSR count). The van der Waals surface area contributed by atoms with Gasteiger partial charge in [0.2, 0.25) is 0 Å². The van der Waals surface area contributed by atoms with Crippen LogP contribution in [0.1, 0.15) is 11.1 Å². The molecule has 31 heavy (non-hydrogen) atoms. The van der Waals surface area contributed by atoms with Gasteiger partial charge >= 0.3 is 0 Å². The summed E-state index contributed by atoms with van der Waals surface area (Å²) in [6, 6.07) is 20.1. The lowest BCUT2D eigenvalue weighted by Gasteiger charge is -2.25. The van der Waals surface area contributed by atoms with Crippen LogP contribution in [0.4, 0.5) is 5.69 Å². The molecule has 160 valence electrons. The number of aryl methyl sites for hydroxylation is 1. The molecule has 0 heterocycles. The first-order valence-corrected chi connectivity index (χ1v) is 11.8. The molecule has 0 radical (unpaired) electrons. The highest BCUT2D eigenvalue weighted by molar-refractivity contribution is 9.10. The van der Waals surface area contributed by atoms with E-state index in [1.54, 1.807) is 37.3 Å². The van der Waals surface area contributed by atoms with E-state index < -0.39 is 22.5 Å². The SMILES string of the molecule is Cc1ccc(Cl)cc1N(CC(=O)N/N=C\c1ccc(Br)cc1)S(=O)(=O)c1ccccc1. The van der Waals surface area contributed by atoms with Gasteiger partial charge in [0, 0.05) is 9.50 Å². The van der Waals surface area contributed by atoms with Gasteiger partial charge in [-0.25, -0.2) is 13.8 Å². The van der Waals surface area contributed by atoms with Crippen LogP contribution in [0.3, 0.4) is 0 Å². The zero-order chi connectivity index (χ0) is 22.4. The summed E-state index contributed by atoms with van der Waals surface area (Å²) < 4.78 is 28.6. The van der Waals surface area contributed by atoms with Gasteiger partial charge < -0.3 is 0 Å². The van der Waals surface area contributed by atoms with E-state index in [-0.39, 0.29) is 4.90 Å². The van der Waals surface area contributed by atoms with Crippen molar-refractivity contribution in [2.75, 3.05) is 10.8 Å². The van der Waals surface area contributed by atoms with Gasteiger partial charge in [0.15, 0.2) is 0 Å². The van der Waals surface area contributed by atoms with Gasteiger partial charge in [0.25, 0.3) is 15.9 Å². The maximum Gasteiger partial charge on any atom is 0.264 e. The lowest BCUT2D eigenvalue weighted by atomic mass is 10.2. The Labute approximate surface area is 194 Å². The van der Waals surface area contributed by atoms with E-state index in [4.69, 9.17) is 11.6 Å². The topological polar surface area (TPSA) is 78.8 Å². The molecule has 6 nitrogen and oxygen atoms in total. The highest BCUT2D eigenvalue weighted by Gasteiger charge is 2.28. The van der Waals surface area contributed by atoms with Crippen LogP contribution in [0.25, 0.3) is 0 Å². The van der Waals surface area contributed by atoms with Crippen molar-refractivity contribution in [1.82, 2.24) is 5.43 Å². The van der Waals surface area contributed by atoms with E-state index >= 15 is 0 Å². The third-order valence-electron chi connectivity index (χ3n) is 4.33. The molecule has 0 saturated carbocycles. The molecule has 0 aliphatic rings. The summed E-state index contributed by atoms with van der Waals surface area (Å²) in [6.07, 6.45) is 1.48. The number of hydrogen-bond donors (Lipinski definition) is 1. The fourth-order valence-electron chi connectivity index (χ4n) is 2.76. The van der Waals surface area contributed by atoms with E-state index in [2.05, 4.69) is 26.5 Å². The smallest absolute Gasteiger partial charge is 0.264 e. The monoisotopic (exact) mass is 519 g/mol. The second-order valence-electron chi connectivity index (χ2n) is 6.60. The first-order chi connectivity index (χ1) is 14.8. The molecule has 0 aliphatic carbocycles. The van der Waals surface area contributed by atoms with Crippen molar-refractivity contribution in [2.45, 2.75) is 11.8 Å². The van der Waals surface area contributed by atoms with Crippen molar-refractivity contribution < 1.29 is 13.2 Å². The van der Waals surface area contributed by atoms with Crippen LogP contribution < -0.4 is 9.73 Å². The quantitative estimate of drug-likeness (QED) is 0.360. The maximum absolute atomic E-state index is 13.3.